The fourth-order valence-corrected chi connectivity index (χ4v) is 4.71. The van der Waals surface area contributed by atoms with Crippen molar-refractivity contribution in [1.29, 1.82) is 0 Å². The Labute approximate surface area is 194 Å². The molecular weight excluding hydrogens is 432 g/mol. The number of thiazole rings is 1. The van der Waals surface area contributed by atoms with E-state index in [0.717, 1.165) is 10.6 Å². The highest BCUT2D eigenvalue weighted by molar-refractivity contribution is 7.17. The number of amides is 1. The Morgan fingerprint density at radius 2 is 1.58 bits per heavy atom. The number of rotatable bonds is 4. The lowest BCUT2D eigenvalue weighted by Crippen LogP contribution is -2.22. The molecule has 1 amide bonds. The Hall–Kier alpha value is -4.10. The van der Waals surface area contributed by atoms with Crippen LogP contribution in [-0.2, 0) is 0 Å². The van der Waals surface area contributed by atoms with Crippen LogP contribution in [0.1, 0.15) is 21.2 Å². The number of aryl methyl sites for hydroxylation is 2. The molecule has 2 aromatic heterocycles. The van der Waals surface area contributed by atoms with Crippen LogP contribution in [0.15, 0.2) is 83.7 Å². The quantitative estimate of drug-likeness (QED) is 0.397. The lowest BCUT2D eigenvalue weighted by Gasteiger charge is -2.12. The SMILES string of the molecule is Cc1nc(-c2ccccc2)sc1C(=O)Nc1ccc(-n2c(C)nc3ccccc3c2=O)cc1. The molecule has 5 rings (SSSR count). The minimum absolute atomic E-state index is 0.122. The number of hydrogen-bond donors (Lipinski definition) is 1. The van der Waals surface area contributed by atoms with E-state index in [1.54, 1.807) is 41.8 Å². The van der Waals surface area contributed by atoms with Crippen LogP contribution in [0.3, 0.4) is 0 Å². The molecule has 0 radical (unpaired) electrons. The number of anilines is 1. The van der Waals surface area contributed by atoms with E-state index < -0.39 is 0 Å². The first kappa shape index (κ1) is 20.8. The fourth-order valence-electron chi connectivity index (χ4n) is 3.74. The van der Waals surface area contributed by atoms with Gasteiger partial charge < -0.3 is 5.32 Å². The summed E-state index contributed by atoms with van der Waals surface area (Å²) in [6.07, 6.45) is 0. The Balaban J connectivity index is 1.40. The van der Waals surface area contributed by atoms with Crippen molar-refractivity contribution in [3.63, 3.8) is 0 Å². The summed E-state index contributed by atoms with van der Waals surface area (Å²) in [5.74, 6) is 0.393. The summed E-state index contributed by atoms with van der Waals surface area (Å²) in [6.45, 7) is 3.64. The molecule has 0 aliphatic carbocycles. The van der Waals surface area contributed by atoms with Gasteiger partial charge in [-0.3, -0.25) is 14.2 Å². The van der Waals surface area contributed by atoms with Crippen molar-refractivity contribution < 1.29 is 4.79 Å². The summed E-state index contributed by atoms with van der Waals surface area (Å²) in [6, 6.07) is 24.3. The van der Waals surface area contributed by atoms with E-state index in [1.165, 1.54) is 11.3 Å². The molecule has 0 aliphatic heterocycles. The van der Waals surface area contributed by atoms with Crippen molar-refractivity contribution in [1.82, 2.24) is 14.5 Å². The summed E-state index contributed by atoms with van der Waals surface area (Å²) in [5.41, 5.74) is 3.56. The summed E-state index contributed by atoms with van der Waals surface area (Å²) < 4.78 is 1.58. The zero-order valence-electron chi connectivity index (χ0n) is 18.1. The number of carbonyl (C=O) groups excluding carboxylic acids is 1. The van der Waals surface area contributed by atoms with Gasteiger partial charge in [-0.1, -0.05) is 42.5 Å². The monoisotopic (exact) mass is 452 g/mol. The van der Waals surface area contributed by atoms with E-state index in [1.807, 2.05) is 55.5 Å². The van der Waals surface area contributed by atoms with Crippen LogP contribution in [0.4, 0.5) is 5.69 Å². The summed E-state index contributed by atoms with van der Waals surface area (Å²) in [7, 11) is 0. The molecular formula is C26H20N4O2S. The van der Waals surface area contributed by atoms with Gasteiger partial charge in [0.15, 0.2) is 0 Å². The number of carbonyl (C=O) groups is 1. The van der Waals surface area contributed by atoms with E-state index in [2.05, 4.69) is 15.3 Å². The minimum atomic E-state index is -0.208. The van der Waals surface area contributed by atoms with Gasteiger partial charge in [-0.25, -0.2) is 9.97 Å². The first-order chi connectivity index (χ1) is 16.0. The van der Waals surface area contributed by atoms with Gasteiger partial charge in [0.25, 0.3) is 11.5 Å². The highest BCUT2D eigenvalue weighted by Crippen LogP contribution is 2.28. The molecule has 1 N–H and O–H groups in total. The van der Waals surface area contributed by atoms with Crippen LogP contribution < -0.4 is 10.9 Å². The first-order valence-corrected chi connectivity index (χ1v) is 11.3. The molecule has 0 saturated heterocycles. The summed E-state index contributed by atoms with van der Waals surface area (Å²) in [4.78, 5) is 35.6. The fraction of sp³-hybridized carbons (Fsp3) is 0.0769. The Morgan fingerprint density at radius 3 is 2.33 bits per heavy atom. The number of aromatic nitrogens is 3. The minimum Gasteiger partial charge on any atom is -0.321 e. The molecule has 0 spiro atoms. The molecule has 0 bridgehead atoms. The van der Waals surface area contributed by atoms with Crippen LogP contribution in [0.2, 0.25) is 0 Å². The highest BCUT2D eigenvalue weighted by atomic mass is 32.1. The normalized spacial score (nSPS) is 11.0. The molecule has 0 unspecified atom stereocenters. The third-order valence-electron chi connectivity index (χ3n) is 5.35. The zero-order valence-corrected chi connectivity index (χ0v) is 18.9. The number of para-hydroxylation sites is 1. The average molecular weight is 453 g/mol. The van der Waals surface area contributed by atoms with Crippen molar-refractivity contribution in [2.45, 2.75) is 13.8 Å². The third kappa shape index (κ3) is 3.94. The van der Waals surface area contributed by atoms with Gasteiger partial charge in [0.2, 0.25) is 0 Å². The molecule has 0 saturated carbocycles. The molecule has 0 atom stereocenters. The van der Waals surface area contributed by atoms with E-state index in [0.29, 0.717) is 38.7 Å². The topological polar surface area (TPSA) is 76.9 Å². The maximum Gasteiger partial charge on any atom is 0.267 e. The molecule has 33 heavy (non-hydrogen) atoms. The second-order valence-electron chi connectivity index (χ2n) is 7.62. The Kier molecular flexibility index (Phi) is 5.32. The standard InChI is InChI=1S/C26H20N4O2S/c1-16-23(33-25(27-16)18-8-4-3-5-9-18)24(31)29-19-12-14-20(15-13-19)30-17(2)28-22-11-7-6-10-21(22)26(30)32/h3-15H,1-2H3,(H,29,31). The summed E-state index contributed by atoms with van der Waals surface area (Å²) >= 11 is 1.37. The second kappa shape index (κ2) is 8.44. The predicted octanol–water partition coefficient (Wildman–Crippen LogP) is 5.38. The number of hydrogen-bond acceptors (Lipinski definition) is 5. The van der Waals surface area contributed by atoms with Crippen LogP contribution >= 0.6 is 11.3 Å². The van der Waals surface area contributed by atoms with Crippen molar-refractivity contribution >= 4 is 33.8 Å². The predicted molar refractivity (Wildman–Crippen MR) is 132 cm³/mol. The smallest absolute Gasteiger partial charge is 0.267 e. The first-order valence-electron chi connectivity index (χ1n) is 10.4. The van der Waals surface area contributed by atoms with E-state index in [9.17, 15) is 9.59 Å². The van der Waals surface area contributed by atoms with Crippen molar-refractivity contribution in [3.05, 3.63) is 106 Å². The van der Waals surface area contributed by atoms with Crippen molar-refractivity contribution in [3.8, 4) is 16.3 Å². The molecule has 0 aliphatic rings. The molecule has 3 aromatic carbocycles. The Morgan fingerprint density at radius 1 is 0.879 bits per heavy atom. The lowest BCUT2D eigenvalue weighted by atomic mass is 10.2. The highest BCUT2D eigenvalue weighted by Gasteiger charge is 2.17. The van der Waals surface area contributed by atoms with Gasteiger partial charge >= 0.3 is 0 Å². The number of nitrogens with one attached hydrogen (secondary N) is 1. The van der Waals surface area contributed by atoms with Crippen LogP contribution in [0.25, 0.3) is 27.2 Å². The van der Waals surface area contributed by atoms with Gasteiger partial charge in [-0.05, 0) is 50.2 Å². The maximum absolute atomic E-state index is 13.0. The molecule has 0 fully saturated rings. The Bertz CT molecular complexity index is 1540. The van der Waals surface area contributed by atoms with Crippen LogP contribution in [0, 0.1) is 13.8 Å². The van der Waals surface area contributed by atoms with Gasteiger partial charge in [-0.2, -0.15) is 0 Å². The average Bonchev–Trinajstić information content (AvgIpc) is 3.22. The van der Waals surface area contributed by atoms with E-state index in [-0.39, 0.29) is 11.5 Å². The maximum atomic E-state index is 13.0. The van der Waals surface area contributed by atoms with Crippen molar-refractivity contribution in [2.75, 3.05) is 5.32 Å². The molecule has 5 aromatic rings. The molecule has 162 valence electrons. The van der Waals surface area contributed by atoms with E-state index >= 15 is 0 Å². The largest absolute Gasteiger partial charge is 0.321 e. The van der Waals surface area contributed by atoms with Crippen LogP contribution in [0.5, 0.6) is 0 Å². The van der Waals surface area contributed by atoms with Gasteiger partial charge in [0, 0.05) is 11.3 Å². The second-order valence-corrected chi connectivity index (χ2v) is 8.62. The van der Waals surface area contributed by atoms with Crippen LogP contribution in [-0.4, -0.2) is 20.4 Å². The molecule has 2 heterocycles. The molecule has 7 heteroatoms. The number of benzene rings is 3. The lowest BCUT2D eigenvalue weighted by molar-refractivity contribution is 0.103. The molecule has 6 nitrogen and oxygen atoms in total. The van der Waals surface area contributed by atoms with Gasteiger partial charge in [-0.15, -0.1) is 11.3 Å². The number of fused-ring (bicyclic) bond motifs is 1. The number of nitrogens with zero attached hydrogens (tertiary/aromatic N) is 3. The van der Waals surface area contributed by atoms with Gasteiger partial charge in [0.05, 0.1) is 22.3 Å². The van der Waals surface area contributed by atoms with Gasteiger partial charge in [0.1, 0.15) is 15.7 Å². The third-order valence-corrected chi connectivity index (χ3v) is 6.56. The zero-order chi connectivity index (χ0) is 22.9. The summed E-state index contributed by atoms with van der Waals surface area (Å²) in [5, 5.41) is 4.31. The van der Waals surface area contributed by atoms with E-state index in [4.69, 9.17) is 0 Å². The van der Waals surface area contributed by atoms with Crippen molar-refractivity contribution in [2.24, 2.45) is 0 Å².